The van der Waals surface area contributed by atoms with E-state index < -0.39 is 5.91 Å². The summed E-state index contributed by atoms with van der Waals surface area (Å²) in [6, 6.07) is 11.2. The molecular weight excluding hydrogens is 298 g/mol. The van der Waals surface area contributed by atoms with Gasteiger partial charge in [-0.1, -0.05) is 0 Å². The van der Waals surface area contributed by atoms with Crippen molar-refractivity contribution >= 4 is 11.7 Å². The van der Waals surface area contributed by atoms with Crippen molar-refractivity contribution in [3.63, 3.8) is 0 Å². The lowest BCUT2D eigenvalue weighted by atomic mass is 10.1. The SMILES string of the molecule is COc1ccc(C(=O)COc2ccc(C(N)=O)cc2)cc1OC. The molecule has 6 heteroatoms. The third-order valence-electron chi connectivity index (χ3n) is 3.21. The van der Waals surface area contributed by atoms with Crippen LogP contribution in [0, 0.1) is 0 Å². The maximum Gasteiger partial charge on any atom is 0.248 e. The molecule has 0 saturated heterocycles. The van der Waals surface area contributed by atoms with Gasteiger partial charge in [0.05, 0.1) is 14.2 Å². The molecule has 0 unspecified atom stereocenters. The van der Waals surface area contributed by atoms with Crippen molar-refractivity contribution in [2.45, 2.75) is 0 Å². The first-order valence-corrected chi connectivity index (χ1v) is 6.83. The lowest BCUT2D eigenvalue weighted by Crippen LogP contribution is -2.13. The Morgan fingerprint density at radius 2 is 1.52 bits per heavy atom. The monoisotopic (exact) mass is 315 g/mol. The predicted molar refractivity (Wildman–Crippen MR) is 84.3 cm³/mol. The van der Waals surface area contributed by atoms with Crippen LogP contribution in [0.15, 0.2) is 42.5 Å². The highest BCUT2D eigenvalue weighted by Gasteiger charge is 2.11. The molecule has 6 nitrogen and oxygen atoms in total. The van der Waals surface area contributed by atoms with Gasteiger partial charge in [-0.3, -0.25) is 9.59 Å². The van der Waals surface area contributed by atoms with Crippen molar-refractivity contribution in [3.05, 3.63) is 53.6 Å². The van der Waals surface area contributed by atoms with Crippen LogP contribution in [-0.4, -0.2) is 32.5 Å². The van der Waals surface area contributed by atoms with E-state index in [2.05, 4.69) is 0 Å². The minimum Gasteiger partial charge on any atom is -0.493 e. The number of carbonyl (C=O) groups is 2. The maximum absolute atomic E-state index is 12.2. The van der Waals surface area contributed by atoms with Gasteiger partial charge in [0, 0.05) is 11.1 Å². The van der Waals surface area contributed by atoms with Gasteiger partial charge < -0.3 is 19.9 Å². The molecule has 2 N–H and O–H groups in total. The van der Waals surface area contributed by atoms with Crippen LogP contribution in [-0.2, 0) is 0 Å². The number of rotatable bonds is 7. The van der Waals surface area contributed by atoms with Gasteiger partial charge in [0.1, 0.15) is 5.75 Å². The summed E-state index contributed by atoms with van der Waals surface area (Å²) >= 11 is 0. The second-order valence-corrected chi connectivity index (χ2v) is 4.67. The first kappa shape index (κ1) is 16.4. The molecule has 0 radical (unpaired) electrons. The van der Waals surface area contributed by atoms with E-state index in [0.29, 0.717) is 28.4 Å². The Morgan fingerprint density at radius 1 is 0.913 bits per heavy atom. The molecule has 0 aliphatic heterocycles. The highest BCUT2D eigenvalue weighted by atomic mass is 16.5. The Balaban J connectivity index is 2.03. The topological polar surface area (TPSA) is 87.9 Å². The second kappa shape index (κ2) is 7.31. The minimum absolute atomic E-state index is 0.134. The van der Waals surface area contributed by atoms with E-state index in [4.69, 9.17) is 19.9 Å². The minimum atomic E-state index is -0.516. The second-order valence-electron chi connectivity index (χ2n) is 4.67. The Kier molecular flexibility index (Phi) is 5.19. The van der Waals surface area contributed by atoms with E-state index >= 15 is 0 Å². The third-order valence-corrected chi connectivity index (χ3v) is 3.21. The van der Waals surface area contributed by atoms with Crippen molar-refractivity contribution in [3.8, 4) is 17.2 Å². The normalized spacial score (nSPS) is 10.0. The number of carbonyl (C=O) groups excluding carboxylic acids is 2. The summed E-state index contributed by atoms with van der Waals surface area (Å²) in [5.41, 5.74) is 5.99. The van der Waals surface area contributed by atoms with E-state index in [0.717, 1.165) is 0 Å². The van der Waals surface area contributed by atoms with E-state index in [1.165, 1.54) is 14.2 Å². The Hall–Kier alpha value is -3.02. The molecule has 0 aliphatic rings. The predicted octanol–water partition coefficient (Wildman–Crippen LogP) is 2.06. The van der Waals surface area contributed by atoms with Gasteiger partial charge in [-0.15, -0.1) is 0 Å². The largest absolute Gasteiger partial charge is 0.493 e. The zero-order valence-corrected chi connectivity index (χ0v) is 12.9. The highest BCUT2D eigenvalue weighted by Crippen LogP contribution is 2.27. The molecule has 0 fully saturated rings. The van der Waals surface area contributed by atoms with Gasteiger partial charge in [0.25, 0.3) is 0 Å². The van der Waals surface area contributed by atoms with Crippen LogP contribution in [0.2, 0.25) is 0 Å². The number of nitrogens with two attached hydrogens (primary N) is 1. The van der Waals surface area contributed by atoms with Crippen LogP contribution in [0.5, 0.6) is 17.2 Å². The van der Waals surface area contributed by atoms with Gasteiger partial charge in [-0.25, -0.2) is 0 Å². The van der Waals surface area contributed by atoms with Crippen LogP contribution >= 0.6 is 0 Å². The fourth-order valence-corrected chi connectivity index (χ4v) is 1.96. The first-order valence-electron chi connectivity index (χ1n) is 6.83. The number of Topliss-reactive ketones (excluding diaryl/α,β-unsaturated/α-hetero) is 1. The summed E-state index contributed by atoms with van der Waals surface area (Å²) in [5.74, 6) is 0.780. The molecule has 2 aromatic rings. The Morgan fingerprint density at radius 3 is 2.09 bits per heavy atom. The van der Waals surface area contributed by atoms with Crippen molar-refractivity contribution in [1.82, 2.24) is 0 Å². The van der Waals surface area contributed by atoms with Crippen molar-refractivity contribution in [1.29, 1.82) is 0 Å². The average Bonchev–Trinajstić information content (AvgIpc) is 2.59. The molecule has 2 rings (SSSR count). The van der Waals surface area contributed by atoms with Crippen molar-refractivity contribution in [2.24, 2.45) is 5.73 Å². The number of ether oxygens (including phenoxy) is 3. The molecular formula is C17H17NO5. The van der Waals surface area contributed by atoms with E-state index in [1.54, 1.807) is 42.5 Å². The lowest BCUT2D eigenvalue weighted by Gasteiger charge is -2.10. The summed E-state index contributed by atoms with van der Waals surface area (Å²) < 4.78 is 15.7. The number of benzene rings is 2. The van der Waals surface area contributed by atoms with Crippen LogP contribution in [0.3, 0.4) is 0 Å². The Labute approximate surface area is 133 Å². The van der Waals surface area contributed by atoms with Gasteiger partial charge >= 0.3 is 0 Å². The summed E-state index contributed by atoms with van der Waals surface area (Å²) in [4.78, 5) is 23.1. The molecule has 120 valence electrons. The average molecular weight is 315 g/mol. The highest BCUT2D eigenvalue weighted by molar-refractivity contribution is 5.98. The van der Waals surface area contributed by atoms with Gasteiger partial charge in [-0.2, -0.15) is 0 Å². The van der Waals surface area contributed by atoms with Crippen LogP contribution < -0.4 is 19.9 Å². The number of hydrogen-bond donors (Lipinski definition) is 1. The zero-order chi connectivity index (χ0) is 16.8. The molecule has 1 amide bonds. The standard InChI is InChI=1S/C17H17NO5/c1-21-15-8-5-12(9-16(15)22-2)14(19)10-23-13-6-3-11(4-7-13)17(18)20/h3-9H,10H2,1-2H3,(H2,18,20). The molecule has 0 bridgehead atoms. The molecule has 0 atom stereocenters. The molecule has 23 heavy (non-hydrogen) atoms. The smallest absolute Gasteiger partial charge is 0.248 e. The summed E-state index contributed by atoms with van der Waals surface area (Å²) in [7, 11) is 3.03. The van der Waals surface area contributed by atoms with Gasteiger partial charge in [0.2, 0.25) is 5.91 Å². The molecule has 0 heterocycles. The number of amides is 1. The van der Waals surface area contributed by atoms with Crippen LogP contribution in [0.1, 0.15) is 20.7 Å². The van der Waals surface area contributed by atoms with Crippen molar-refractivity contribution < 1.29 is 23.8 Å². The fraction of sp³-hybridized carbons (Fsp3) is 0.176. The molecule has 0 aliphatic carbocycles. The number of primary amides is 1. The number of hydrogen-bond acceptors (Lipinski definition) is 5. The van der Waals surface area contributed by atoms with Crippen molar-refractivity contribution in [2.75, 3.05) is 20.8 Å². The number of methoxy groups -OCH3 is 2. The zero-order valence-electron chi connectivity index (χ0n) is 12.9. The van der Waals surface area contributed by atoms with E-state index in [9.17, 15) is 9.59 Å². The van der Waals surface area contributed by atoms with Gasteiger partial charge in [-0.05, 0) is 42.5 Å². The van der Waals surface area contributed by atoms with Gasteiger partial charge in [0.15, 0.2) is 23.9 Å². The molecule has 0 spiro atoms. The maximum atomic E-state index is 12.2. The van der Waals surface area contributed by atoms with E-state index in [-0.39, 0.29) is 12.4 Å². The summed E-state index contributed by atoms with van der Waals surface area (Å²) in [6.45, 7) is -0.134. The first-order chi connectivity index (χ1) is 11.0. The molecule has 2 aromatic carbocycles. The summed E-state index contributed by atoms with van der Waals surface area (Å²) in [6.07, 6.45) is 0. The molecule has 0 saturated carbocycles. The number of ketones is 1. The third kappa shape index (κ3) is 4.00. The van der Waals surface area contributed by atoms with E-state index in [1.807, 2.05) is 0 Å². The molecule has 0 aromatic heterocycles. The van der Waals surface area contributed by atoms with Crippen LogP contribution in [0.25, 0.3) is 0 Å². The lowest BCUT2D eigenvalue weighted by molar-refractivity contribution is 0.0920. The van der Waals surface area contributed by atoms with Crippen LogP contribution in [0.4, 0.5) is 0 Å². The quantitative estimate of drug-likeness (QED) is 0.790. The Bertz CT molecular complexity index is 709. The summed E-state index contributed by atoms with van der Waals surface area (Å²) in [5, 5.41) is 0. The fourth-order valence-electron chi connectivity index (χ4n) is 1.96.